The predicted molar refractivity (Wildman–Crippen MR) is 76.1 cm³/mol. The number of carbonyl (C=O) groups excluding carboxylic acids is 2. The second-order valence-electron chi connectivity index (χ2n) is 5.10. The predicted octanol–water partition coefficient (Wildman–Crippen LogP) is 1.99. The maximum atomic E-state index is 12.6. The van der Waals surface area contributed by atoms with Gasteiger partial charge in [-0.1, -0.05) is 29.3 Å². The lowest BCUT2D eigenvalue weighted by Gasteiger charge is -2.30. The van der Waals surface area contributed by atoms with Crippen LogP contribution in [0.3, 0.4) is 0 Å². The summed E-state index contributed by atoms with van der Waals surface area (Å²) in [6, 6.07) is 2.83. The summed E-state index contributed by atoms with van der Waals surface area (Å²) in [5, 5.41) is 3.24. The second kappa shape index (κ2) is 5.44. The Morgan fingerprint density at radius 3 is 2.67 bits per heavy atom. The van der Waals surface area contributed by atoms with Crippen LogP contribution in [-0.4, -0.2) is 40.6 Å². The molecule has 3 heterocycles. The molecule has 8 heteroatoms. The van der Waals surface area contributed by atoms with Crippen molar-refractivity contribution in [3.63, 3.8) is 0 Å². The van der Waals surface area contributed by atoms with Crippen LogP contribution in [-0.2, 0) is 16.1 Å². The molecule has 3 rings (SSSR count). The molecule has 0 aliphatic carbocycles. The second-order valence-corrected chi connectivity index (χ2v) is 5.85. The number of rotatable bonds is 2. The summed E-state index contributed by atoms with van der Waals surface area (Å²) in [6.07, 6.45) is 0.974. The monoisotopic (exact) mass is 329 g/mol. The van der Waals surface area contributed by atoms with E-state index in [0.29, 0.717) is 31.6 Å². The van der Waals surface area contributed by atoms with Gasteiger partial charge < -0.3 is 10.1 Å². The number of hydrogen-bond donors (Lipinski definition) is 1. The van der Waals surface area contributed by atoms with Crippen molar-refractivity contribution in [2.75, 3.05) is 13.2 Å². The Bertz CT molecular complexity index is 602. The molecular weight excluding hydrogens is 317 g/mol. The van der Waals surface area contributed by atoms with Gasteiger partial charge in [0.1, 0.15) is 15.8 Å². The van der Waals surface area contributed by atoms with Crippen LogP contribution in [0.1, 0.15) is 18.4 Å². The van der Waals surface area contributed by atoms with Crippen LogP contribution in [0, 0.1) is 0 Å². The molecule has 2 saturated heterocycles. The van der Waals surface area contributed by atoms with Gasteiger partial charge in [-0.2, -0.15) is 0 Å². The molecule has 21 heavy (non-hydrogen) atoms. The zero-order valence-corrected chi connectivity index (χ0v) is 12.6. The number of nitrogens with zero attached hydrogens (tertiary/aromatic N) is 2. The summed E-state index contributed by atoms with van der Waals surface area (Å²) in [4.78, 5) is 29.8. The summed E-state index contributed by atoms with van der Waals surface area (Å²) < 4.78 is 5.26. The molecular formula is C13H13Cl2N3O3. The summed E-state index contributed by atoms with van der Waals surface area (Å²) in [5.41, 5.74) is -0.254. The SMILES string of the molecule is O=C1NC2(CCOCC2)C(=O)N1Cc1ccc(Cl)nc1Cl. The molecule has 0 unspecified atom stereocenters. The van der Waals surface area contributed by atoms with Crippen molar-refractivity contribution in [1.82, 2.24) is 15.2 Å². The number of amides is 3. The lowest BCUT2D eigenvalue weighted by Crippen LogP contribution is -2.51. The van der Waals surface area contributed by atoms with Crippen molar-refractivity contribution in [2.45, 2.75) is 24.9 Å². The van der Waals surface area contributed by atoms with E-state index in [1.807, 2.05) is 0 Å². The topological polar surface area (TPSA) is 71.5 Å². The van der Waals surface area contributed by atoms with E-state index in [1.165, 1.54) is 4.90 Å². The van der Waals surface area contributed by atoms with Crippen LogP contribution in [0.25, 0.3) is 0 Å². The molecule has 0 bridgehead atoms. The van der Waals surface area contributed by atoms with Gasteiger partial charge in [0.2, 0.25) is 0 Å². The van der Waals surface area contributed by atoms with Crippen LogP contribution < -0.4 is 5.32 Å². The van der Waals surface area contributed by atoms with Crippen molar-refractivity contribution in [2.24, 2.45) is 0 Å². The van der Waals surface area contributed by atoms with Crippen molar-refractivity contribution < 1.29 is 14.3 Å². The van der Waals surface area contributed by atoms with E-state index in [2.05, 4.69) is 10.3 Å². The summed E-state index contributed by atoms with van der Waals surface area (Å²) in [7, 11) is 0. The first-order valence-electron chi connectivity index (χ1n) is 6.55. The normalized spacial score (nSPS) is 21.0. The standard InChI is InChI=1S/C13H13Cl2N3O3/c14-9-2-1-8(10(15)16-9)7-18-11(19)13(17-12(18)20)3-5-21-6-4-13/h1-2H,3-7H2,(H,17,20). The van der Waals surface area contributed by atoms with E-state index >= 15 is 0 Å². The van der Waals surface area contributed by atoms with E-state index in [4.69, 9.17) is 27.9 Å². The number of halogens is 2. The fourth-order valence-electron chi connectivity index (χ4n) is 2.61. The average molecular weight is 330 g/mol. The zero-order chi connectivity index (χ0) is 15.0. The van der Waals surface area contributed by atoms with Crippen LogP contribution in [0.5, 0.6) is 0 Å². The van der Waals surface area contributed by atoms with E-state index in [0.717, 1.165) is 0 Å². The molecule has 2 aliphatic rings. The Morgan fingerprint density at radius 2 is 2.00 bits per heavy atom. The first kappa shape index (κ1) is 14.6. The van der Waals surface area contributed by atoms with E-state index in [9.17, 15) is 9.59 Å². The average Bonchev–Trinajstić information content (AvgIpc) is 2.67. The van der Waals surface area contributed by atoms with Gasteiger partial charge in [-0.3, -0.25) is 9.69 Å². The lowest BCUT2D eigenvalue weighted by atomic mass is 9.90. The highest BCUT2D eigenvalue weighted by Crippen LogP contribution is 2.30. The molecule has 2 fully saturated rings. The fraction of sp³-hybridized carbons (Fsp3) is 0.462. The first-order valence-corrected chi connectivity index (χ1v) is 7.30. The van der Waals surface area contributed by atoms with Gasteiger partial charge in [0.25, 0.3) is 5.91 Å². The van der Waals surface area contributed by atoms with Crippen LogP contribution in [0.15, 0.2) is 12.1 Å². The van der Waals surface area contributed by atoms with Gasteiger partial charge in [0.05, 0.1) is 6.54 Å². The molecule has 0 atom stereocenters. The highest BCUT2D eigenvalue weighted by molar-refractivity contribution is 6.32. The fourth-order valence-corrected chi connectivity index (χ4v) is 3.01. The summed E-state index contributed by atoms with van der Waals surface area (Å²) in [5.74, 6) is -0.234. The van der Waals surface area contributed by atoms with Gasteiger partial charge >= 0.3 is 6.03 Å². The van der Waals surface area contributed by atoms with E-state index in [-0.39, 0.29) is 22.8 Å². The van der Waals surface area contributed by atoms with Crippen molar-refractivity contribution in [3.05, 3.63) is 28.0 Å². The van der Waals surface area contributed by atoms with Crippen molar-refractivity contribution >= 4 is 35.1 Å². The Hall–Kier alpha value is -1.37. The van der Waals surface area contributed by atoms with Crippen molar-refractivity contribution in [3.8, 4) is 0 Å². The zero-order valence-electron chi connectivity index (χ0n) is 11.1. The molecule has 2 aliphatic heterocycles. The molecule has 0 saturated carbocycles. The third-order valence-electron chi connectivity index (χ3n) is 3.81. The third-order valence-corrected chi connectivity index (χ3v) is 4.35. The summed E-state index contributed by atoms with van der Waals surface area (Å²) in [6.45, 7) is 1.00. The minimum Gasteiger partial charge on any atom is -0.381 e. The van der Waals surface area contributed by atoms with Crippen LogP contribution in [0.4, 0.5) is 4.79 Å². The van der Waals surface area contributed by atoms with Gasteiger partial charge in [0.15, 0.2) is 0 Å². The molecule has 1 aromatic heterocycles. The largest absolute Gasteiger partial charge is 0.381 e. The number of pyridine rings is 1. The highest BCUT2D eigenvalue weighted by Gasteiger charge is 2.51. The van der Waals surface area contributed by atoms with Gasteiger partial charge in [-0.05, 0) is 6.07 Å². The van der Waals surface area contributed by atoms with Crippen LogP contribution in [0.2, 0.25) is 10.3 Å². The number of imide groups is 1. The minimum atomic E-state index is -0.832. The molecule has 6 nitrogen and oxygen atoms in total. The van der Waals surface area contributed by atoms with Crippen molar-refractivity contribution in [1.29, 1.82) is 0 Å². The number of urea groups is 1. The minimum absolute atomic E-state index is 0.0796. The first-order chi connectivity index (χ1) is 10.0. The number of hydrogen-bond acceptors (Lipinski definition) is 4. The molecule has 1 spiro atoms. The number of nitrogens with one attached hydrogen (secondary N) is 1. The number of carbonyl (C=O) groups is 2. The maximum absolute atomic E-state index is 12.6. The number of aromatic nitrogens is 1. The molecule has 112 valence electrons. The summed E-state index contributed by atoms with van der Waals surface area (Å²) >= 11 is 11.7. The lowest BCUT2D eigenvalue weighted by molar-refractivity contribution is -0.134. The van der Waals surface area contributed by atoms with E-state index in [1.54, 1.807) is 12.1 Å². The van der Waals surface area contributed by atoms with Gasteiger partial charge in [0, 0.05) is 31.6 Å². The Morgan fingerprint density at radius 1 is 1.29 bits per heavy atom. The van der Waals surface area contributed by atoms with Gasteiger partial charge in [-0.25, -0.2) is 9.78 Å². The number of ether oxygens (including phenoxy) is 1. The molecule has 1 N–H and O–H groups in total. The maximum Gasteiger partial charge on any atom is 0.325 e. The Balaban J connectivity index is 1.82. The van der Waals surface area contributed by atoms with E-state index < -0.39 is 11.6 Å². The molecule has 1 aromatic rings. The quantitative estimate of drug-likeness (QED) is 0.665. The highest BCUT2D eigenvalue weighted by atomic mass is 35.5. The van der Waals surface area contributed by atoms with Crippen LogP contribution >= 0.6 is 23.2 Å². The molecule has 0 aromatic carbocycles. The third kappa shape index (κ3) is 2.59. The smallest absolute Gasteiger partial charge is 0.325 e. The Kier molecular flexibility index (Phi) is 3.77. The molecule has 0 radical (unpaired) electrons. The van der Waals surface area contributed by atoms with Gasteiger partial charge in [-0.15, -0.1) is 0 Å². The Labute approximate surface area is 131 Å². The molecule has 3 amide bonds.